The highest BCUT2D eigenvalue weighted by atomic mass is 16.5. The summed E-state index contributed by atoms with van der Waals surface area (Å²) in [5.74, 6) is 0. The maximum absolute atomic E-state index is 11.8. The average molecular weight is 211 g/mol. The Balaban J connectivity index is 3.00. The van der Waals surface area contributed by atoms with Gasteiger partial charge in [-0.1, -0.05) is 25.5 Å². The van der Waals surface area contributed by atoms with Gasteiger partial charge in [-0.05, 0) is 27.2 Å². The lowest BCUT2D eigenvalue weighted by Crippen LogP contribution is -2.54. The summed E-state index contributed by atoms with van der Waals surface area (Å²) in [6, 6.07) is 0. The van der Waals surface area contributed by atoms with Crippen LogP contribution in [0.1, 0.15) is 40.5 Å². The van der Waals surface area contributed by atoms with E-state index in [1.54, 1.807) is 0 Å². The quantitative estimate of drug-likeness (QED) is 0.657. The number of hydrogen-bond donors (Lipinski definition) is 0. The van der Waals surface area contributed by atoms with Gasteiger partial charge in [-0.3, -0.25) is 4.90 Å². The topological polar surface area (TPSA) is 29.5 Å². The van der Waals surface area contributed by atoms with Crippen molar-refractivity contribution in [2.24, 2.45) is 0 Å². The highest BCUT2D eigenvalue weighted by molar-refractivity contribution is 5.71. The number of amides is 1. The Morgan fingerprint density at radius 3 is 2.40 bits per heavy atom. The molecule has 0 fully saturated rings. The number of nitrogens with zero attached hydrogens (tertiary/aromatic N) is 1. The van der Waals surface area contributed by atoms with Gasteiger partial charge in [0.25, 0.3) is 0 Å². The number of methoxy groups -OCH3 is 1. The summed E-state index contributed by atoms with van der Waals surface area (Å²) in [6.07, 6.45) is 5.96. The molecule has 1 unspecified atom stereocenters. The van der Waals surface area contributed by atoms with Crippen molar-refractivity contribution in [3.63, 3.8) is 0 Å². The second kappa shape index (κ2) is 3.87. The molecule has 0 N–H and O–H groups in total. The van der Waals surface area contributed by atoms with Crippen LogP contribution >= 0.6 is 0 Å². The molecule has 0 spiro atoms. The van der Waals surface area contributed by atoms with Crippen LogP contribution in [0.2, 0.25) is 0 Å². The van der Waals surface area contributed by atoms with Gasteiger partial charge >= 0.3 is 6.09 Å². The smallest absolute Gasteiger partial charge is 0.410 e. The fraction of sp³-hybridized carbons (Fsp3) is 0.750. The first-order valence-electron chi connectivity index (χ1n) is 5.46. The predicted molar refractivity (Wildman–Crippen MR) is 60.8 cm³/mol. The zero-order chi connectivity index (χ0) is 11.7. The van der Waals surface area contributed by atoms with Gasteiger partial charge in [0.2, 0.25) is 0 Å². The van der Waals surface area contributed by atoms with Gasteiger partial charge in [-0.15, -0.1) is 0 Å². The molecule has 86 valence electrons. The molecule has 0 aliphatic carbocycles. The third-order valence-corrected chi connectivity index (χ3v) is 3.05. The van der Waals surface area contributed by atoms with E-state index in [4.69, 9.17) is 4.74 Å². The molecule has 0 radical (unpaired) electrons. The van der Waals surface area contributed by atoms with E-state index >= 15 is 0 Å². The minimum absolute atomic E-state index is 0.203. The molecule has 0 aromatic carbocycles. The minimum Gasteiger partial charge on any atom is -0.453 e. The van der Waals surface area contributed by atoms with Gasteiger partial charge < -0.3 is 4.74 Å². The van der Waals surface area contributed by atoms with Crippen molar-refractivity contribution in [1.29, 1.82) is 0 Å². The molecule has 0 saturated heterocycles. The monoisotopic (exact) mass is 211 g/mol. The van der Waals surface area contributed by atoms with E-state index < -0.39 is 0 Å². The molecule has 0 aromatic heterocycles. The van der Waals surface area contributed by atoms with Crippen molar-refractivity contribution in [2.75, 3.05) is 7.11 Å². The molecule has 15 heavy (non-hydrogen) atoms. The Bertz CT molecular complexity index is 283. The van der Waals surface area contributed by atoms with Crippen LogP contribution in [-0.2, 0) is 4.74 Å². The molecule has 1 heterocycles. The summed E-state index contributed by atoms with van der Waals surface area (Å²) in [4.78, 5) is 13.6. The van der Waals surface area contributed by atoms with E-state index in [1.165, 1.54) is 7.11 Å². The van der Waals surface area contributed by atoms with Gasteiger partial charge in [0, 0.05) is 0 Å². The van der Waals surface area contributed by atoms with E-state index in [-0.39, 0.29) is 17.2 Å². The zero-order valence-corrected chi connectivity index (χ0v) is 10.3. The van der Waals surface area contributed by atoms with Crippen molar-refractivity contribution in [3.8, 4) is 0 Å². The first-order valence-corrected chi connectivity index (χ1v) is 5.46. The molecule has 1 rings (SSSR count). The standard InChI is InChI=1S/C12H21NO2/c1-6-7-12(4)9-8-11(2,3)13(12)10(14)15-5/h8-9H,6-7H2,1-5H3. The normalized spacial score (nSPS) is 28.2. The summed E-state index contributed by atoms with van der Waals surface area (Å²) in [5.41, 5.74) is -0.456. The van der Waals surface area contributed by atoms with Crippen molar-refractivity contribution >= 4 is 6.09 Å². The maximum Gasteiger partial charge on any atom is 0.410 e. The van der Waals surface area contributed by atoms with Crippen molar-refractivity contribution in [1.82, 2.24) is 4.90 Å². The van der Waals surface area contributed by atoms with Gasteiger partial charge in [0.15, 0.2) is 0 Å². The molecule has 1 atom stereocenters. The van der Waals surface area contributed by atoms with Crippen LogP contribution in [0.15, 0.2) is 12.2 Å². The number of carbonyl (C=O) groups excluding carboxylic acids is 1. The van der Waals surface area contributed by atoms with Gasteiger partial charge in [-0.25, -0.2) is 4.79 Å². The molecule has 3 nitrogen and oxygen atoms in total. The van der Waals surface area contributed by atoms with E-state index in [1.807, 2.05) is 18.7 Å². The van der Waals surface area contributed by atoms with Crippen LogP contribution in [0.5, 0.6) is 0 Å². The van der Waals surface area contributed by atoms with E-state index in [0.717, 1.165) is 12.8 Å². The average Bonchev–Trinajstić information content (AvgIpc) is 2.37. The third kappa shape index (κ3) is 2.01. The summed E-state index contributed by atoms with van der Waals surface area (Å²) < 4.78 is 4.86. The lowest BCUT2D eigenvalue weighted by atomic mass is 9.95. The molecule has 0 aromatic rings. The minimum atomic E-state index is -0.253. The second-order valence-electron chi connectivity index (χ2n) is 4.90. The largest absolute Gasteiger partial charge is 0.453 e. The summed E-state index contributed by atoms with van der Waals surface area (Å²) in [6.45, 7) is 8.27. The van der Waals surface area contributed by atoms with E-state index in [2.05, 4.69) is 26.0 Å². The van der Waals surface area contributed by atoms with Crippen LogP contribution in [0, 0.1) is 0 Å². The summed E-state index contributed by atoms with van der Waals surface area (Å²) in [7, 11) is 1.43. The maximum atomic E-state index is 11.8. The molecule has 0 saturated carbocycles. The van der Waals surface area contributed by atoms with Gasteiger partial charge in [0.1, 0.15) is 0 Å². The molecular formula is C12H21NO2. The van der Waals surface area contributed by atoms with Crippen molar-refractivity contribution in [3.05, 3.63) is 12.2 Å². The van der Waals surface area contributed by atoms with Gasteiger partial charge in [-0.2, -0.15) is 0 Å². The fourth-order valence-electron chi connectivity index (χ4n) is 2.43. The lowest BCUT2D eigenvalue weighted by molar-refractivity contribution is 0.0547. The summed E-state index contributed by atoms with van der Waals surface area (Å²) >= 11 is 0. The zero-order valence-electron chi connectivity index (χ0n) is 10.3. The fourth-order valence-corrected chi connectivity index (χ4v) is 2.43. The SMILES string of the molecule is CCCC1(C)C=CC(C)(C)N1C(=O)OC. The molecule has 1 amide bonds. The van der Waals surface area contributed by atoms with Crippen LogP contribution < -0.4 is 0 Å². The highest BCUT2D eigenvalue weighted by Crippen LogP contribution is 2.38. The molecule has 1 aliphatic heterocycles. The number of ether oxygens (including phenoxy) is 1. The second-order valence-corrected chi connectivity index (χ2v) is 4.90. The number of hydrogen-bond acceptors (Lipinski definition) is 2. The Labute approximate surface area is 92.1 Å². The van der Waals surface area contributed by atoms with E-state index in [9.17, 15) is 4.79 Å². The van der Waals surface area contributed by atoms with Crippen LogP contribution in [0.4, 0.5) is 4.79 Å². The van der Waals surface area contributed by atoms with Crippen molar-refractivity contribution < 1.29 is 9.53 Å². The predicted octanol–water partition coefficient (Wildman–Crippen LogP) is 2.96. The molecule has 3 heteroatoms. The number of rotatable bonds is 2. The van der Waals surface area contributed by atoms with Crippen LogP contribution in [0.25, 0.3) is 0 Å². The lowest BCUT2D eigenvalue weighted by Gasteiger charge is -2.41. The van der Waals surface area contributed by atoms with Crippen LogP contribution in [0.3, 0.4) is 0 Å². The molecule has 1 aliphatic rings. The summed E-state index contributed by atoms with van der Waals surface area (Å²) in [5, 5.41) is 0. The first-order chi connectivity index (χ1) is 6.87. The first kappa shape index (κ1) is 12.1. The van der Waals surface area contributed by atoms with Gasteiger partial charge in [0.05, 0.1) is 18.2 Å². The van der Waals surface area contributed by atoms with Crippen molar-refractivity contribution in [2.45, 2.75) is 51.6 Å². The highest BCUT2D eigenvalue weighted by Gasteiger charge is 2.46. The molecular weight excluding hydrogens is 190 g/mol. The Hall–Kier alpha value is -0.990. The third-order valence-electron chi connectivity index (χ3n) is 3.05. The van der Waals surface area contributed by atoms with E-state index in [0.29, 0.717) is 0 Å². The Morgan fingerprint density at radius 1 is 1.33 bits per heavy atom. The Kier molecular flexibility index (Phi) is 3.12. The number of carbonyl (C=O) groups is 1. The Morgan fingerprint density at radius 2 is 1.93 bits per heavy atom. The van der Waals surface area contributed by atoms with Crippen LogP contribution in [-0.4, -0.2) is 29.2 Å². The molecule has 0 bridgehead atoms.